The highest BCUT2D eigenvalue weighted by Crippen LogP contribution is 2.15. The first-order valence-corrected chi connectivity index (χ1v) is 9.16. The van der Waals surface area contributed by atoms with Crippen LogP contribution in [0.2, 0.25) is 0 Å². The van der Waals surface area contributed by atoms with Crippen molar-refractivity contribution in [3.05, 3.63) is 84.3 Å². The van der Waals surface area contributed by atoms with Crippen molar-refractivity contribution in [1.82, 2.24) is 5.32 Å². The number of carbonyl (C=O) groups is 2. The smallest absolute Gasteiger partial charge is 0.319 e. The van der Waals surface area contributed by atoms with Crippen molar-refractivity contribution in [2.75, 3.05) is 10.6 Å². The van der Waals surface area contributed by atoms with Gasteiger partial charge in [-0.25, -0.2) is 4.79 Å². The Bertz CT molecular complexity index is 891. The van der Waals surface area contributed by atoms with Gasteiger partial charge >= 0.3 is 6.03 Å². The van der Waals surface area contributed by atoms with E-state index >= 15 is 0 Å². The molecule has 1 atom stereocenters. The van der Waals surface area contributed by atoms with Gasteiger partial charge in [0, 0.05) is 17.4 Å². The molecule has 0 unspecified atom stereocenters. The Balaban J connectivity index is 1.44. The van der Waals surface area contributed by atoms with Gasteiger partial charge in [-0.05, 0) is 61.7 Å². The molecule has 3 aromatic rings. The number of rotatable bonds is 7. The number of benzene rings is 2. The molecule has 1 heterocycles. The zero-order valence-electron chi connectivity index (χ0n) is 15.6. The maximum atomic E-state index is 12.1. The normalized spacial score (nSPS) is 11.5. The summed E-state index contributed by atoms with van der Waals surface area (Å²) in [5, 5.41) is 8.46. The molecule has 3 amide bonds. The van der Waals surface area contributed by atoms with E-state index in [1.807, 2.05) is 25.1 Å². The van der Waals surface area contributed by atoms with E-state index < -0.39 is 0 Å². The average molecular weight is 377 g/mol. The van der Waals surface area contributed by atoms with Crippen LogP contribution in [-0.4, -0.2) is 18.0 Å². The molecule has 0 bridgehead atoms. The lowest BCUT2D eigenvalue weighted by Crippen LogP contribution is -2.36. The SMILES string of the molecule is C[C@@H](CCc1ccccc1)NC(=O)Nc1ccc(NC(=O)c2ccco2)cc1. The van der Waals surface area contributed by atoms with Crippen molar-refractivity contribution in [3.8, 4) is 0 Å². The van der Waals surface area contributed by atoms with Crippen LogP contribution in [0.1, 0.15) is 29.5 Å². The van der Waals surface area contributed by atoms with Crippen LogP contribution in [0, 0.1) is 0 Å². The summed E-state index contributed by atoms with van der Waals surface area (Å²) < 4.78 is 5.05. The number of anilines is 2. The van der Waals surface area contributed by atoms with E-state index in [4.69, 9.17) is 4.42 Å². The molecule has 0 saturated carbocycles. The Labute approximate surface area is 164 Å². The van der Waals surface area contributed by atoms with Gasteiger partial charge in [0.25, 0.3) is 5.91 Å². The molecule has 0 spiro atoms. The van der Waals surface area contributed by atoms with E-state index in [0.29, 0.717) is 11.4 Å². The topological polar surface area (TPSA) is 83.4 Å². The summed E-state index contributed by atoms with van der Waals surface area (Å²) in [6.07, 6.45) is 3.21. The summed E-state index contributed by atoms with van der Waals surface area (Å²) in [6, 6.07) is 20.1. The number of urea groups is 1. The monoisotopic (exact) mass is 377 g/mol. The second kappa shape index (κ2) is 9.41. The molecule has 6 heteroatoms. The highest BCUT2D eigenvalue weighted by molar-refractivity contribution is 6.02. The summed E-state index contributed by atoms with van der Waals surface area (Å²) in [5.41, 5.74) is 2.51. The predicted octanol–water partition coefficient (Wildman–Crippen LogP) is 4.67. The second-order valence-electron chi connectivity index (χ2n) is 6.53. The first-order valence-electron chi connectivity index (χ1n) is 9.16. The van der Waals surface area contributed by atoms with Crippen LogP contribution in [-0.2, 0) is 6.42 Å². The Morgan fingerprint density at radius 2 is 1.57 bits per heavy atom. The Morgan fingerprint density at radius 3 is 2.21 bits per heavy atom. The third-order valence-electron chi connectivity index (χ3n) is 4.23. The number of nitrogens with one attached hydrogen (secondary N) is 3. The van der Waals surface area contributed by atoms with Crippen molar-refractivity contribution in [2.45, 2.75) is 25.8 Å². The van der Waals surface area contributed by atoms with E-state index in [0.717, 1.165) is 12.8 Å². The van der Waals surface area contributed by atoms with Crippen molar-refractivity contribution >= 4 is 23.3 Å². The van der Waals surface area contributed by atoms with E-state index in [-0.39, 0.29) is 23.7 Å². The zero-order valence-corrected chi connectivity index (χ0v) is 15.6. The third kappa shape index (κ3) is 5.74. The quantitative estimate of drug-likeness (QED) is 0.559. The fraction of sp³-hybridized carbons (Fsp3) is 0.182. The van der Waals surface area contributed by atoms with Gasteiger partial charge in [-0.1, -0.05) is 30.3 Å². The molecule has 0 radical (unpaired) electrons. The lowest BCUT2D eigenvalue weighted by molar-refractivity contribution is 0.0996. The standard InChI is InChI=1S/C22H23N3O3/c1-16(9-10-17-6-3-2-4-7-17)23-22(27)25-19-13-11-18(12-14-19)24-21(26)20-8-5-15-28-20/h2-8,11-16H,9-10H2,1H3,(H,24,26)(H2,23,25,27)/t16-/m0/s1. The number of aryl methyl sites for hydroxylation is 1. The fourth-order valence-electron chi connectivity index (χ4n) is 2.73. The maximum absolute atomic E-state index is 12.1. The third-order valence-corrected chi connectivity index (χ3v) is 4.23. The molecule has 1 aromatic heterocycles. The summed E-state index contributed by atoms with van der Waals surface area (Å²) in [5.74, 6) is -0.0817. The molecule has 28 heavy (non-hydrogen) atoms. The highest BCUT2D eigenvalue weighted by Gasteiger charge is 2.10. The number of hydrogen-bond donors (Lipinski definition) is 3. The van der Waals surface area contributed by atoms with Crippen LogP contribution in [0.3, 0.4) is 0 Å². The molecule has 0 aliphatic carbocycles. The molecule has 0 fully saturated rings. The maximum Gasteiger partial charge on any atom is 0.319 e. The molecular weight excluding hydrogens is 354 g/mol. The summed E-state index contributed by atoms with van der Waals surface area (Å²) in [4.78, 5) is 24.1. The Kier molecular flexibility index (Phi) is 6.46. The largest absolute Gasteiger partial charge is 0.459 e. The Hall–Kier alpha value is -3.54. The van der Waals surface area contributed by atoms with Crippen LogP contribution in [0.5, 0.6) is 0 Å². The van der Waals surface area contributed by atoms with Gasteiger partial charge in [0.1, 0.15) is 0 Å². The first kappa shape index (κ1) is 19.2. The van der Waals surface area contributed by atoms with Gasteiger partial charge in [-0.3, -0.25) is 4.79 Å². The van der Waals surface area contributed by atoms with Gasteiger partial charge < -0.3 is 20.4 Å². The van der Waals surface area contributed by atoms with Crippen molar-refractivity contribution in [1.29, 1.82) is 0 Å². The van der Waals surface area contributed by atoms with Crippen LogP contribution in [0.15, 0.2) is 77.4 Å². The molecule has 3 N–H and O–H groups in total. The molecule has 2 aromatic carbocycles. The minimum absolute atomic E-state index is 0.0482. The molecule has 144 valence electrons. The molecule has 6 nitrogen and oxygen atoms in total. The molecule has 0 aliphatic heterocycles. The summed E-state index contributed by atoms with van der Waals surface area (Å²) in [7, 11) is 0. The van der Waals surface area contributed by atoms with Crippen LogP contribution in [0.25, 0.3) is 0 Å². The fourth-order valence-corrected chi connectivity index (χ4v) is 2.73. The van der Waals surface area contributed by atoms with Gasteiger partial charge in [-0.15, -0.1) is 0 Å². The lowest BCUT2D eigenvalue weighted by Gasteiger charge is -2.15. The van der Waals surface area contributed by atoms with Crippen molar-refractivity contribution < 1.29 is 14.0 Å². The molecular formula is C22H23N3O3. The number of hydrogen-bond acceptors (Lipinski definition) is 3. The van der Waals surface area contributed by atoms with Gasteiger partial charge in [-0.2, -0.15) is 0 Å². The first-order chi connectivity index (χ1) is 13.6. The number of furan rings is 1. The minimum Gasteiger partial charge on any atom is -0.459 e. The Morgan fingerprint density at radius 1 is 0.893 bits per heavy atom. The van der Waals surface area contributed by atoms with Gasteiger partial charge in [0.15, 0.2) is 5.76 Å². The molecule has 0 saturated heterocycles. The summed E-state index contributed by atoms with van der Waals surface area (Å²) in [6.45, 7) is 1.98. The number of carbonyl (C=O) groups excluding carboxylic acids is 2. The van der Waals surface area contributed by atoms with E-state index in [9.17, 15) is 9.59 Å². The predicted molar refractivity (Wildman–Crippen MR) is 109 cm³/mol. The highest BCUT2D eigenvalue weighted by atomic mass is 16.3. The summed E-state index contributed by atoms with van der Waals surface area (Å²) >= 11 is 0. The van der Waals surface area contributed by atoms with Crippen molar-refractivity contribution in [3.63, 3.8) is 0 Å². The van der Waals surface area contributed by atoms with Crippen LogP contribution >= 0.6 is 0 Å². The number of amides is 3. The van der Waals surface area contributed by atoms with E-state index in [2.05, 4.69) is 28.1 Å². The van der Waals surface area contributed by atoms with Crippen LogP contribution < -0.4 is 16.0 Å². The van der Waals surface area contributed by atoms with Crippen molar-refractivity contribution in [2.24, 2.45) is 0 Å². The average Bonchev–Trinajstić information content (AvgIpc) is 3.24. The van der Waals surface area contributed by atoms with Gasteiger partial charge in [0.2, 0.25) is 0 Å². The lowest BCUT2D eigenvalue weighted by atomic mass is 10.1. The van der Waals surface area contributed by atoms with E-state index in [1.54, 1.807) is 36.4 Å². The minimum atomic E-state index is -0.323. The molecule has 3 rings (SSSR count). The van der Waals surface area contributed by atoms with Crippen LogP contribution in [0.4, 0.5) is 16.2 Å². The second-order valence-corrected chi connectivity index (χ2v) is 6.53. The zero-order chi connectivity index (χ0) is 19.8. The molecule has 0 aliphatic rings. The van der Waals surface area contributed by atoms with Gasteiger partial charge in [0.05, 0.1) is 6.26 Å². The van der Waals surface area contributed by atoms with E-state index in [1.165, 1.54) is 11.8 Å².